The fraction of sp³-hybridized carbons (Fsp3) is 0.500. The lowest BCUT2D eigenvalue weighted by Gasteiger charge is -2.07. The summed E-state index contributed by atoms with van der Waals surface area (Å²) in [6, 6.07) is 12.8. The van der Waals surface area contributed by atoms with Gasteiger partial charge in [0.25, 0.3) is 0 Å². The van der Waals surface area contributed by atoms with Gasteiger partial charge in [0.2, 0.25) is 0 Å². The van der Waals surface area contributed by atoms with Gasteiger partial charge in [-0.25, -0.2) is 4.39 Å². The van der Waals surface area contributed by atoms with E-state index in [9.17, 15) is 9.18 Å². The van der Waals surface area contributed by atoms with E-state index < -0.39 is 5.97 Å². The molecule has 0 aliphatic heterocycles. The second-order valence-electron chi connectivity index (χ2n) is 7.49. The number of halogens is 1. The average molecular weight is 433 g/mol. The van der Waals surface area contributed by atoms with Gasteiger partial charge in [-0.15, -0.1) is 0 Å². The number of hydrogen-bond acceptors (Lipinski definition) is 3. The minimum atomic E-state index is -0.771. The van der Waals surface area contributed by atoms with E-state index in [0.717, 1.165) is 29.7 Å². The van der Waals surface area contributed by atoms with Gasteiger partial charge in [-0.1, -0.05) is 64.3 Å². The molecule has 1 unspecified atom stereocenters. The van der Waals surface area contributed by atoms with Gasteiger partial charge in [0.05, 0.1) is 20.1 Å². The van der Waals surface area contributed by atoms with Crippen molar-refractivity contribution in [3.05, 3.63) is 59.4 Å². The van der Waals surface area contributed by atoms with E-state index in [-0.39, 0.29) is 11.7 Å². The van der Waals surface area contributed by atoms with E-state index in [1.165, 1.54) is 26.4 Å². The van der Waals surface area contributed by atoms with Gasteiger partial charge < -0.3 is 14.6 Å². The molecule has 0 spiro atoms. The van der Waals surface area contributed by atoms with Crippen molar-refractivity contribution in [3.63, 3.8) is 0 Å². The van der Waals surface area contributed by atoms with Crippen LogP contribution in [0.15, 0.2) is 42.5 Å². The predicted molar refractivity (Wildman–Crippen MR) is 124 cm³/mol. The standard InChI is InChI=1S/C11H14O3.C10H11FO.C3H6.C2H6/c1-8(11(12)13)6-9-4-3-5-10(7-9)14-2;1-12-9-4-2-3-8(10(9)11)7-5-6-7;1-2-3-1;1-2/h3-5,7-8H,6H2,1-2H3,(H,12,13);2-4,7H,5-6H2,1H3;1-3H2;1-2H3. The Kier molecular flexibility index (Phi) is 12.3. The van der Waals surface area contributed by atoms with Crippen LogP contribution in [0.1, 0.15) is 69.9 Å². The number of hydrogen-bond donors (Lipinski definition) is 1. The first-order chi connectivity index (χ1) is 15.0. The minimum Gasteiger partial charge on any atom is -0.497 e. The fourth-order valence-electron chi connectivity index (χ4n) is 2.64. The van der Waals surface area contributed by atoms with Crippen LogP contribution in [0, 0.1) is 11.7 Å². The van der Waals surface area contributed by atoms with Gasteiger partial charge in [0.15, 0.2) is 11.6 Å². The molecule has 0 bridgehead atoms. The third-order valence-corrected chi connectivity index (χ3v) is 4.68. The van der Waals surface area contributed by atoms with Crippen molar-refractivity contribution >= 4 is 5.97 Å². The smallest absolute Gasteiger partial charge is 0.306 e. The van der Waals surface area contributed by atoms with Gasteiger partial charge in [0.1, 0.15) is 5.75 Å². The molecule has 4 nitrogen and oxygen atoms in total. The normalized spacial score (nSPS) is 14.3. The Morgan fingerprint density at radius 3 is 2.16 bits per heavy atom. The van der Waals surface area contributed by atoms with E-state index in [1.54, 1.807) is 20.1 Å². The maximum atomic E-state index is 13.4. The molecular formula is C26H37FO4. The minimum absolute atomic E-state index is 0.178. The second kappa shape index (κ2) is 14.4. The van der Waals surface area contributed by atoms with Crippen molar-refractivity contribution < 1.29 is 23.8 Å². The fourth-order valence-corrected chi connectivity index (χ4v) is 2.64. The molecule has 2 aromatic rings. The van der Waals surface area contributed by atoms with Gasteiger partial charge in [-0.3, -0.25) is 4.79 Å². The number of carboxylic acid groups (broad SMARTS) is 1. The lowest BCUT2D eigenvalue weighted by molar-refractivity contribution is -0.141. The first-order valence-electron chi connectivity index (χ1n) is 11.1. The third-order valence-electron chi connectivity index (χ3n) is 4.68. The summed E-state index contributed by atoms with van der Waals surface area (Å²) in [5.74, 6) is 0.261. The van der Waals surface area contributed by atoms with Crippen LogP contribution in [0.3, 0.4) is 0 Å². The van der Waals surface area contributed by atoms with E-state index in [2.05, 4.69) is 0 Å². The van der Waals surface area contributed by atoms with Gasteiger partial charge in [-0.05, 0) is 54.5 Å². The highest BCUT2D eigenvalue weighted by Crippen LogP contribution is 2.42. The van der Waals surface area contributed by atoms with Crippen LogP contribution in [0.4, 0.5) is 4.39 Å². The first-order valence-corrected chi connectivity index (χ1v) is 11.1. The predicted octanol–water partition coefficient (Wildman–Crippen LogP) is 6.87. The summed E-state index contributed by atoms with van der Waals surface area (Å²) in [6.45, 7) is 5.70. The quantitative estimate of drug-likeness (QED) is 0.541. The van der Waals surface area contributed by atoms with Crippen LogP contribution in [0.25, 0.3) is 0 Å². The van der Waals surface area contributed by atoms with Crippen molar-refractivity contribution in [2.24, 2.45) is 5.92 Å². The number of aliphatic carboxylic acids is 1. The summed E-state index contributed by atoms with van der Waals surface area (Å²) in [6.07, 6.45) is 7.26. The Balaban J connectivity index is 0.000000256. The molecule has 2 aliphatic carbocycles. The number of benzene rings is 2. The van der Waals surface area contributed by atoms with Crippen molar-refractivity contribution in [1.29, 1.82) is 0 Å². The maximum Gasteiger partial charge on any atom is 0.306 e. The summed E-state index contributed by atoms with van der Waals surface area (Å²) in [7, 11) is 3.09. The Hall–Kier alpha value is -2.56. The highest BCUT2D eigenvalue weighted by molar-refractivity contribution is 5.69. The lowest BCUT2D eigenvalue weighted by Crippen LogP contribution is -2.12. The second-order valence-corrected chi connectivity index (χ2v) is 7.49. The van der Waals surface area contributed by atoms with Crippen molar-refractivity contribution in [3.8, 4) is 11.5 Å². The zero-order chi connectivity index (χ0) is 23.2. The number of carbonyl (C=O) groups is 1. The Labute approximate surface area is 186 Å². The van der Waals surface area contributed by atoms with Crippen LogP contribution in [0.5, 0.6) is 11.5 Å². The summed E-state index contributed by atoms with van der Waals surface area (Å²) < 4.78 is 23.4. The molecule has 1 N–H and O–H groups in total. The van der Waals surface area contributed by atoms with Gasteiger partial charge in [-0.2, -0.15) is 0 Å². The molecule has 2 fully saturated rings. The molecule has 0 amide bonds. The first kappa shape index (κ1) is 26.5. The zero-order valence-corrected chi connectivity index (χ0v) is 19.5. The summed E-state index contributed by atoms with van der Waals surface area (Å²) >= 11 is 0. The van der Waals surface area contributed by atoms with Crippen LogP contribution in [0.2, 0.25) is 0 Å². The molecule has 31 heavy (non-hydrogen) atoms. The van der Waals surface area contributed by atoms with Crippen LogP contribution in [-0.4, -0.2) is 25.3 Å². The summed E-state index contributed by atoms with van der Waals surface area (Å²) in [5.41, 5.74) is 1.80. The molecule has 4 rings (SSSR count). The molecule has 5 heteroatoms. The third kappa shape index (κ3) is 10.3. The molecule has 2 saturated carbocycles. The molecule has 1 atom stereocenters. The molecule has 0 heterocycles. The van der Waals surface area contributed by atoms with Crippen LogP contribution >= 0.6 is 0 Å². The number of ether oxygens (including phenoxy) is 2. The Morgan fingerprint density at radius 1 is 1.06 bits per heavy atom. The number of methoxy groups -OCH3 is 2. The average Bonchev–Trinajstić information content (AvgIpc) is 3.68. The lowest BCUT2D eigenvalue weighted by atomic mass is 10.0. The highest BCUT2D eigenvalue weighted by atomic mass is 19.1. The summed E-state index contributed by atoms with van der Waals surface area (Å²) in [5, 5.41) is 8.74. The molecule has 2 aromatic carbocycles. The van der Waals surface area contributed by atoms with Crippen molar-refractivity contribution in [1.82, 2.24) is 0 Å². The van der Waals surface area contributed by atoms with E-state index in [0.29, 0.717) is 18.1 Å². The SMILES string of the molecule is C1CC1.CC.COc1cccc(C2CC2)c1F.COc1cccc(CC(C)C(=O)O)c1. The highest BCUT2D eigenvalue weighted by Gasteiger charge is 2.27. The Bertz CT molecular complexity index is 782. The van der Waals surface area contributed by atoms with E-state index in [1.807, 2.05) is 50.2 Å². The van der Waals surface area contributed by atoms with E-state index in [4.69, 9.17) is 14.6 Å². The topological polar surface area (TPSA) is 55.8 Å². The monoisotopic (exact) mass is 432 g/mol. The number of carboxylic acids is 1. The maximum absolute atomic E-state index is 13.4. The summed E-state index contributed by atoms with van der Waals surface area (Å²) in [4.78, 5) is 10.6. The van der Waals surface area contributed by atoms with Crippen molar-refractivity contribution in [2.45, 2.75) is 65.2 Å². The number of rotatable bonds is 6. The van der Waals surface area contributed by atoms with Crippen LogP contribution < -0.4 is 9.47 Å². The van der Waals surface area contributed by atoms with Gasteiger partial charge in [0, 0.05) is 0 Å². The van der Waals surface area contributed by atoms with E-state index >= 15 is 0 Å². The Morgan fingerprint density at radius 2 is 1.68 bits per heavy atom. The largest absolute Gasteiger partial charge is 0.497 e. The molecule has 2 aliphatic rings. The molecule has 0 saturated heterocycles. The van der Waals surface area contributed by atoms with Gasteiger partial charge >= 0.3 is 5.97 Å². The zero-order valence-electron chi connectivity index (χ0n) is 19.5. The molecule has 0 radical (unpaired) electrons. The van der Waals surface area contributed by atoms with Crippen LogP contribution in [-0.2, 0) is 11.2 Å². The molecule has 172 valence electrons. The van der Waals surface area contributed by atoms with Crippen molar-refractivity contribution in [2.75, 3.05) is 14.2 Å². The molecule has 0 aromatic heterocycles. The molecular weight excluding hydrogens is 395 g/mol.